The minimum absolute atomic E-state index is 0.0531. The van der Waals surface area contributed by atoms with Crippen LogP contribution in [-0.2, 0) is 4.79 Å². The molecule has 2 aromatic rings. The molecule has 5 nitrogen and oxygen atoms in total. The van der Waals surface area contributed by atoms with Crippen molar-refractivity contribution in [2.24, 2.45) is 5.92 Å². The Kier molecular flexibility index (Phi) is 7.09. The fraction of sp³-hybridized carbons (Fsp3) is 0.300. The van der Waals surface area contributed by atoms with Gasteiger partial charge in [-0.25, -0.2) is 0 Å². The second kappa shape index (κ2) is 9.29. The summed E-state index contributed by atoms with van der Waals surface area (Å²) < 4.78 is 5.09. The van der Waals surface area contributed by atoms with E-state index in [1.807, 2.05) is 44.4 Å². The highest BCUT2D eigenvalue weighted by atomic mass is 32.2. The third-order valence-electron chi connectivity index (χ3n) is 3.95. The van der Waals surface area contributed by atoms with Gasteiger partial charge in [0.05, 0.1) is 7.11 Å². The fourth-order valence-corrected chi connectivity index (χ4v) is 2.80. The maximum atomic E-state index is 12.6. The first-order valence-electron chi connectivity index (χ1n) is 8.34. The average Bonchev–Trinajstić information content (AvgIpc) is 2.66. The Morgan fingerprint density at radius 1 is 1.00 bits per heavy atom. The molecule has 26 heavy (non-hydrogen) atoms. The molecule has 0 aromatic heterocycles. The summed E-state index contributed by atoms with van der Waals surface area (Å²) in [5.41, 5.74) is 1.19. The van der Waals surface area contributed by atoms with E-state index in [0.29, 0.717) is 17.0 Å². The number of benzene rings is 2. The number of anilines is 1. The number of carbonyl (C=O) groups excluding carboxylic acids is 2. The zero-order valence-electron chi connectivity index (χ0n) is 15.4. The molecule has 138 valence electrons. The van der Waals surface area contributed by atoms with Crippen LogP contribution in [0.5, 0.6) is 5.75 Å². The van der Waals surface area contributed by atoms with Crippen LogP contribution in [0.1, 0.15) is 24.2 Å². The van der Waals surface area contributed by atoms with E-state index in [9.17, 15) is 9.59 Å². The van der Waals surface area contributed by atoms with Crippen LogP contribution in [0.3, 0.4) is 0 Å². The lowest BCUT2D eigenvalue weighted by Crippen LogP contribution is -2.47. The molecule has 0 aliphatic carbocycles. The Hall–Kier alpha value is -2.47. The van der Waals surface area contributed by atoms with Crippen LogP contribution in [0, 0.1) is 5.92 Å². The van der Waals surface area contributed by atoms with Crippen molar-refractivity contribution in [2.45, 2.75) is 24.8 Å². The van der Waals surface area contributed by atoms with Gasteiger partial charge in [-0.2, -0.15) is 0 Å². The maximum absolute atomic E-state index is 12.6. The largest absolute Gasteiger partial charge is 0.497 e. The van der Waals surface area contributed by atoms with E-state index >= 15 is 0 Å². The topological polar surface area (TPSA) is 67.4 Å². The summed E-state index contributed by atoms with van der Waals surface area (Å²) in [6.45, 7) is 3.80. The van der Waals surface area contributed by atoms with Gasteiger partial charge in [-0.05, 0) is 60.7 Å². The molecule has 0 saturated carbocycles. The van der Waals surface area contributed by atoms with E-state index < -0.39 is 6.04 Å². The van der Waals surface area contributed by atoms with E-state index in [0.717, 1.165) is 4.90 Å². The van der Waals surface area contributed by atoms with Crippen molar-refractivity contribution >= 4 is 29.3 Å². The number of rotatable bonds is 7. The highest BCUT2D eigenvalue weighted by Crippen LogP contribution is 2.18. The Balaban J connectivity index is 2.06. The molecule has 2 N–H and O–H groups in total. The van der Waals surface area contributed by atoms with Crippen LogP contribution in [0.2, 0.25) is 0 Å². The lowest BCUT2D eigenvalue weighted by atomic mass is 10.0. The Bertz CT molecular complexity index is 743. The predicted molar refractivity (Wildman–Crippen MR) is 106 cm³/mol. The highest BCUT2D eigenvalue weighted by Gasteiger charge is 2.24. The zero-order valence-corrected chi connectivity index (χ0v) is 16.2. The van der Waals surface area contributed by atoms with Crippen LogP contribution in [0.25, 0.3) is 0 Å². The van der Waals surface area contributed by atoms with E-state index in [-0.39, 0.29) is 17.7 Å². The van der Waals surface area contributed by atoms with Crippen molar-refractivity contribution in [3.05, 3.63) is 54.1 Å². The Morgan fingerprint density at radius 2 is 1.62 bits per heavy atom. The van der Waals surface area contributed by atoms with E-state index in [1.54, 1.807) is 43.1 Å². The molecule has 0 fully saturated rings. The third-order valence-corrected chi connectivity index (χ3v) is 4.69. The molecule has 0 aliphatic heterocycles. The number of thioether (sulfide) groups is 1. The normalized spacial score (nSPS) is 11.7. The molecule has 0 unspecified atom stereocenters. The first-order valence-corrected chi connectivity index (χ1v) is 9.57. The molecular formula is C20H24N2O3S. The smallest absolute Gasteiger partial charge is 0.251 e. The summed E-state index contributed by atoms with van der Waals surface area (Å²) in [6.07, 6.45) is 2.00. The maximum Gasteiger partial charge on any atom is 0.251 e. The van der Waals surface area contributed by atoms with Crippen molar-refractivity contribution in [3.8, 4) is 5.75 Å². The molecule has 2 amide bonds. The van der Waals surface area contributed by atoms with Crippen LogP contribution in [0.4, 0.5) is 5.69 Å². The molecule has 0 heterocycles. The first-order chi connectivity index (χ1) is 12.4. The van der Waals surface area contributed by atoms with Gasteiger partial charge in [0.15, 0.2) is 0 Å². The molecule has 0 radical (unpaired) electrons. The van der Waals surface area contributed by atoms with Crippen molar-refractivity contribution in [3.63, 3.8) is 0 Å². The van der Waals surface area contributed by atoms with Gasteiger partial charge in [0, 0.05) is 16.1 Å². The Morgan fingerprint density at radius 3 is 2.12 bits per heavy atom. The number of ether oxygens (including phenoxy) is 1. The zero-order chi connectivity index (χ0) is 19.1. The molecule has 2 rings (SSSR count). The van der Waals surface area contributed by atoms with Gasteiger partial charge in [-0.15, -0.1) is 11.8 Å². The predicted octanol–water partition coefficient (Wildman–Crippen LogP) is 3.81. The quantitative estimate of drug-likeness (QED) is 0.725. The van der Waals surface area contributed by atoms with Gasteiger partial charge < -0.3 is 15.4 Å². The fourth-order valence-electron chi connectivity index (χ4n) is 2.40. The Labute approximate surface area is 158 Å². The minimum Gasteiger partial charge on any atom is -0.497 e. The van der Waals surface area contributed by atoms with Crippen LogP contribution < -0.4 is 15.4 Å². The van der Waals surface area contributed by atoms with Crippen molar-refractivity contribution in [1.82, 2.24) is 5.32 Å². The first kappa shape index (κ1) is 19.8. The van der Waals surface area contributed by atoms with E-state index in [4.69, 9.17) is 4.74 Å². The summed E-state index contributed by atoms with van der Waals surface area (Å²) in [4.78, 5) is 26.2. The molecule has 2 aromatic carbocycles. The summed E-state index contributed by atoms with van der Waals surface area (Å²) in [5, 5.41) is 5.68. The second-order valence-electron chi connectivity index (χ2n) is 6.14. The third kappa shape index (κ3) is 5.26. The molecule has 6 heteroatoms. The molecular weight excluding hydrogens is 348 g/mol. The van der Waals surface area contributed by atoms with Gasteiger partial charge in [0.2, 0.25) is 5.91 Å². The summed E-state index contributed by atoms with van der Waals surface area (Å²) in [6, 6.07) is 13.7. The molecule has 1 atom stereocenters. The van der Waals surface area contributed by atoms with Crippen molar-refractivity contribution in [1.29, 1.82) is 0 Å². The average molecular weight is 372 g/mol. The number of hydrogen-bond acceptors (Lipinski definition) is 4. The molecule has 0 bridgehead atoms. The minimum atomic E-state index is -0.634. The van der Waals surface area contributed by atoms with Gasteiger partial charge in [-0.1, -0.05) is 13.8 Å². The number of nitrogens with one attached hydrogen (secondary N) is 2. The SMILES string of the molecule is COc1ccc(C(=O)N[C@H](C(=O)Nc2ccc(SC)cc2)C(C)C)cc1. The van der Waals surface area contributed by atoms with Crippen LogP contribution >= 0.6 is 11.8 Å². The number of hydrogen-bond donors (Lipinski definition) is 2. The summed E-state index contributed by atoms with van der Waals surface area (Å²) in [7, 11) is 1.57. The highest BCUT2D eigenvalue weighted by molar-refractivity contribution is 7.98. The number of carbonyl (C=O) groups is 2. The van der Waals surface area contributed by atoms with E-state index in [2.05, 4.69) is 10.6 Å². The van der Waals surface area contributed by atoms with Crippen LogP contribution in [-0.4, -0.2) is 31.2 Å². The van der Waals surface area contributed by atoms with Gasteiger partial charge >= 0.3 is 0 Å². The van der Waals surface area contributed by atoms with Crippen LogP contribution in [0.15, 0.2) is 53.4 Å². The second-order valence-corrected chi connectivity index (χ2v) is 7.02. The number of amides is 2. The van der Waals surface area contributed by atoms with Crippen molar-refractivity contribution < 1.29 is 14.3 Å². The van der Waals surface area contributed by atoms with Gasteiger partial charge in [0.1, 0.15) is 11.8 Å². The molecule has 0 spiro atoms. The van der Waals surface area contributed by atoms with Gasteiger partial charge in [0.25, 0.3) is 5.91 Å². The molecule has 0 saturated heterocycles. The monoisotopic (exact) mass is 372 g/mol. The van der Waals surface area contributed by atoms with Gasteiger partial charge in [-0.3, -0.25) is 9.59 Å². The summed E-state index contributed by atoms with van der Waals surface area (Å²) in [5.74, 6) is 0.0917. The number of methoxy groups -OCH3 is 1. The molecule has 0 aliphatic rings. The standard InChI is InChI=1S/C20H24N2O3S/c1-13(2)18(20(24)21-15-7-11-17(26-4)12-8-15)22-19(23)14-5-9-16(25-3)10-6-14/h5-13,18H,1-4H3,(H,21,24)(H,22,23)/t18-/m0/s1. The lowest BCUT2D eigenvalue weighted by molar-refractivity contribution is -0.118. The summed E-state index contributed by atoms with van der Waals surface area (Å²) >= 11 is 1.64. The van der Waals surface area contributed by atoms with E-state index in [1.165, 1.54) is 0 Å². The van der Waals surface area contributed by atoms with Crippen molar-refractivity contribution in [2.75, 3.05) is 18.7 Å². The lowest BCUT2D eigenvalue weighted by Gasteiger charge is -2.22.